The number of amides is 2. The van der Waals surface area contributed by atoms with E-state index >= 15 is 0 Å². The van der Waals surface area contributed by atoms with Gasteiger partial charge in [0.2, 0.25) is 28.6 Å². The van der Waals surface area contributed by atoms with Gasteiger partial charge in [-0.05, 0) is 49.4 Å². The number of rotatable bonds is 14. The Kier molecular flexibility index (Phi) is 10.4. The lowest BCUT2D eigenvalue weighted by atomic mass is 10.1. The van der Waals surface area contributed by atoms with Crippen molar-refractivity contribution in [1.82, 2.24) is 10.2 Å². The maximum Gasteiger partial charge on any atom is 0.242 e. The Hall–Kier alpha value is -3.27. The fourth-order valence-corrected chi connectivity index (χ4v) is 5.40. The molecule has 1 aliphatic rings. The maximum atomic E-state index is 13.6. The van der Waals surface area contributed by atoms with Gasteiger partial charge in [-0.3, -0.25) is 13.9 Å². The molecule has 0 saturated heterocycles. The molecule has 0 unspecified atom stereocenters. The van der Waals surface area contributed by atoms with Crippen LogP contribution in [0, 0.1) is 6.92 Å². The molecule has 3 rings (SSSR count). The minimum atomic E-state index is -3.61. The summed E-state index contributed by atoms with van der Waals surface area (Å²) >= 11 is 0. The van der Waals surface area contributed by atoms with Gasteiger partial charge in [0.15, 0.2) is 11.5 Å². The van der Waals surface area contributed by atoms with Crippen molar-refractivity contribution in [2.45, 2.75) is 65.5 Å². The maximum absolute atomic E-state index is 13.6. The van der Waals surface area contributed by atoms with E-state index in [0.717, 1.165) is 30.2 Å². The van der Waals surface area contributed by atoms with Gasteiger partial charge < -0.3 is 19.7 Å². The van der Waals surface area contributed by atoms with Gasteiger partial charge in [-0.25, -0.2) is 8.42 Å². The van der Waals surface area contributed by atoms with Crippen LogP contribution in [0.3, 0.4) is 0 Å². The molecule has 208 valence electrons. The largest absolute Gasteiger partial charge is 0.454 e. The minimum Gasteiger partial charge on any atom is -0.454 e. The van der Waals surface area contributed by atoms with Gasteiger partial charge in [0.05, 0.1) is 11.9 Å². The Morgan fingerprint density at radius 3 is 2.47 bits per heavy atom. The summed E-state index contributed by atoms with van der Waals surface area (Å²) in [6, 6.07) is 12.2. The third-order valence-electron chi connectivity index (χ3n) is 6.61. The quantitative estimate of drug-likeness (QED) is 0.360. The first-order chi connectivity index (χ1) is 18.2. The number of carbonyl (C=O) groups excluding carboxylic acids is 2. The second-order valence-corrected chi connectivity index (χ2v) is 11.4. The number of carbonyl (C=O) groups is 2. The first kappa shape index (κ1) is 29.3. The highest BCUT2D eigenvalue weighted by molar-refractivity contribution is 7.92. The normalized spacial score (nSPS) is 13.2. The van der Waals surface area contributed by atoms with Gasteiger partial charge in [-0.2, -0.15) is 0 Å². The van der Waals surface area contributed by atoms with Crippen LogP contribution in [-0.4, -0.2) is 57.3 Å². The van der Waals surface area contributed by atoms with Crippen molar-refractivity contribution in [3.8, 4) is 11.5 Å². The smallest absolute Gasteiger partial charge is 0.242 e. The van der Waals surface area contributed by atoms with Crippen LogP contribution in [0.15, 0.2) is 42.5 Å². The molecule has 0 aliphatic carbocycles. The number of fused-ring (bicyclic) bond motifs is 1. The molecule has 2 aromatic rings. The third-order valence-corrected chi connectivity index (χ3v) is 7.81. The zero-order valence-corrected chi connectivity index (χ0v) is 23.6. The average Bonchev–Trinajstić information content (AvgIpc) is 3.35. The van der Waals surface area contributed by atoms with Crippen molar-refractivity contribution >= 4 is 27.5 Å². The molecular formula is C28H39N3O6S. The number of nitrogens with one attached hydrogen (secondary N) is 1. The van der Waals surface area contributed by atoms with Crippen LogP contribution >= 0.6 is 0 Å². The first-order valence-electron chi connectivity index (χ1n) is 13.1. The summed E-state index contributed by atoms with van der Waals surface area (Å²) in [6.07, 6.45) is 3.83. The highest BCUT2D eigenvalue weighted by Crippen LogP contribution is 2.36. The zero-order valence-electron chi connectivity index (χ0n) is 22.7. The van der Waals surface area contributed by atoms with Crippen LogP contribution in [0.1, 0.15) is 57.1 Å². The van der Waals surface area contributed by atoms with Gasteiger partial charge in [-0.15, -0.1) is 0 Å². The minimum absolute atomic E-state index is 0.0908. The van der Waals surface area contributed by atoms with E-state index in [0.29, 0.717) is 43.1 Å². The molecule has 1 heterocycles. The molecule has 10 heteroatoms. The number of ether oxygens (including phenoxy) is 2. The summed E-state index contributed by atoms with van der Waals surface area (Å²) in [7, 11) is -3.61. The molecule has 0 aromatic heterocycles. The molecule has 0 fully saturated rings. The molecule has 0 spiro atoms. The summed E-state index contributed by atoms with van der Waals surface area (Å²) in [5, 5.41) is 2.96. The average molecular weight is 546 g/mol. The van der Waals surface area contributed by atoms with E-state index < -0.39 is 16.1 Å². The van der Waals surface area contributed by atoms with Crippen LogP contribution in [-0.2, 0) is 26.2 Å². The summed E-state index contributed by atoms with van der Waals surface area (Å²) in [6.45, 7) is 7.01. The van der Waals surface area contributed by atoms with Crippen LogP contribution in [0.25, 0.3) is 0 Å². The van der Waals surface area contributed by atoms with E-state index in [9.17, 15) is 18.0 Å². The predicted molar refractivity (Wildman–Crippen MR) is 148 cm³/mol. The lowest BCUT2D eigenvalue weighted by molar-refractivity contribution is -0.141. The van der Waals surface area contributed by atoms with E-state index in [-0.39, 0.29) is 31.6 Å². The molecule has 0 bridgehead atoms. The number of hydrogen-bond donors (Lipinski definition) is 1. The number of aryl methyl sites for hydroxylation is 1. The highest BCUT2D eigenvalue weighted by Gasteiger charge is 2.29. The molecule has 1 atom stereocenters. The van der Waals surface area contributed by atoms with Crippen molar-refractivity contribution < 1.29 is 27.5 Å². The molecule has 1 N–H and O–H groups in total. The topological polar surface area (TPSA) is 105 Å². The zero-order chi connectivity index (χ0) is 27.7. The monoisotopic (exact) mass is 545 g/mol. The van der Waals surface area contributed by atoms with Gasteiger partial charge in [0, 0.05) is 32.1 Å². The molecule has 2 aromatic carbocycles. The number of hydrogen-bond acceptors (Lipinski definition) is 6. The summed E-state index contributed by atoms with van der Waals surface area (Å²) in [4.78, 5) is 28.2. The van der Waals surface area contributed by atoms with Crippen molar-refractivity contribution in [2.24, 2.45) is 0 Å². The molecular weight excluding hydrogens is 506 g/mol. The molecule has 38 heavy (non-hydrogen) atoms. The summed E-state index contributed by atoms with van der Waals surface area (Å²) in [5.41, 5.74) is 2.46. The summed E-state index contributed by atoms with van der Waals surface area (Å²) < 4.78 is 37.2. The van der Waals surface area contributed by atoms with Crippen LogP contribution < -0.4 is 19.1 Å². The number of nitrogens with zero attached hydrogens (tertiary/aromatic N) is 2. The van der Waals surface area contributed by atoms with E-state index in [2.05, 4.69) is 12.2 Å². The number of anilines is 1. The number of benzene rings is 2. The first-order valence-corrected chi connectivity index (χ1v) is 15.0. The second-order valence-electron chi connectivity index (χ2n) is 9.49. The van der Waals surface area contributed by atoms with Crippen molar-refractivity contribution in [1.29, 1.82) is 0 Å². The lowest BCUT2D eigenvalue weighted by Crippen LogP contribution is -2.49. The van der Waals surface area contributed by atoms with Crippen molar-refractivity contribution in [3.63, 3.8) is 0 Å². The Bertz CT molecular complexity index is 1220. The Morgan fingerprint density at radius 2 is 1.79 bits per heavy atom. The molecule has 0 saturated carbocycles. The fourth-order valence-electron chi connectivity index (χ4n) is 4.44. The van der Waals surface area contributed by atoms with Crippen molar-refractivity contribution in [2.75, 3.05) is 30.4 Å². The Balaban J connectivity index is 1.75. The van der Waals surface area contributed by atoms with Crippen LogP contribution in [0.5, 0.6) is 11.5 Å². The van der Waals surface area contributed by atoms with Crippen LogP contribution in [0.4, 0.5) is 5.69 Å². The Morgan fingerprint density at radius 1 is 1.05 bits per heavy atom. The number of unbranched alkanes of at least 4 members (excludes halogenated alkanes) is 1. The number of sulfonamides is 1. The van der Waals surface area contributed by atoms with Gasteiger partial charge in [0.1, 0.15) is 6.04 Å². The molecule has 2 amide bonds. The van der Waals surface area contributed by atoms with E-state index in [1.165, 1.54) is 4.31 Å². The van der Waals surface area contributed by atoms with Gasteiger partial charge in [0.25, 0.3) is 0 Å². The predicted octanol–water partition coefficient (Wildman–Crippen LogP) is 3.99. The second kappa shape index (κ2) is 13.5. The Labute approximate surface area is 226 Å². The third kappa shape index (κ3) is 7.63. The van der Waals surface area contributed by atoms with E-state index in [4.69, 9.17) is 9.47 Å². The van der Waals surface area contributed by atoms with E-state index in [1.54, 1.807) is 23.1 Å². The molecule has 9 nitrogen and oxygen atoms in total. The summed E-state index contributed by atoms with van der Waals surface area (Å²) in [5.74, 6) is 0.689. The standard InChI is InChI=1S/C28H39N3O6S/c1-5-7-16-29-28(33)24(6-2)30(19-22-12-9-8-11-21(22)3)27(32)13-10-17-31(38(4,34)35)23-14-15-25-26(18-23)37-20-36-25/h8-9,11-12,14-15,18,24H,5-7,10,13,16-17,19-20H2,1-4H3,(H,29,33)/t24-/m0/s1. The van der Waals surface area contributed by atoms with E-state index in [1.807, 2.05) is 38.1 Å². The molecule has 1 aliphatic heterocycles. The molecule has 0 radical (unpaired) electrons. The fraction of sp³-hybridized carbons (Fsp3) is 0.500. The van der Waals surface area contributed by atoms with Crippen molar-refractivity contribution in [3.05, 3.63) is 53.6 Å². The SMILES string of the molecule is CCCCNC(=O)[C@H](CC)N(Cc1ccccc1C)C(=O)CCCN(c1ccc2c(c1)OCO2)S(C)(=O)=O. The highest BCUT2D eigenvalue weighted by atomic mass is 32.2. The lowest BCUT2D eigenvalue weighted by Gasteiger charge is -2.31. The van der Waals surface area contributed by atoms with Gasteiger partial charge in [-0.1, -0.05) is 44.5 Å². The van der Waals surface area contributed by atoms with Gasteiger partial charge >= 0.3 is 0 Å². The van der Waals surface area contributed by atoms with Crippen LogP contribution in [0.2, 0.25) is 0 Å².